The monoisotopic (exact) mass is 238 g/mol. The Bertz CT molecular complexity index is 297. The van der Waals surface area contributed by atoms with E-state index in [1.807, 2.05) is 0 Å². The second-order valence-corrected chi connectivity index (χ2v) is 6.49. The molecule has 3 nitrogen and oxygen atoms in total. The second-order valence-electron chi connectivity index (χ2n) is 6.49. The minimum Gasteiger partial charge on any atom is -0.353 e. The summed E-state index contributed by atoms with van der Waals surface area (Å²) in [6, 6.07) is 0.372. The lowest BCUT2D eigenvalue weighted by Crippen LogP contribution is -2.55. The van der Waals surface area contributed by atoms with Crippen molar-refractivity contribution in [2.75, 3.05) is 6.54 Å². The van der Waals surface area contributed by atoms with Gasteiger partial charge in [0.15, 0.2) is 0 Å². The molecule has 98 valence electrons. The average Bonchev–Trinajstić information content (AvgIpc) is 2.56. The van der Waals surface area contributed by atoms with E-state index in [0.717, 1.165) is 25.2 Å². The van der Waals surface area contributed by atoms with Crippen LogP contribution in [0.25, 0.3) is 0 Å². The maximum absolute atomic E-state index is 12.3. The summed E-state index contributed by atoms with van der Waals surface area (Å²) in [5.74, 6) is 2.20. The molecule has 2 saturated carbocycles. The molecule has 2 aliphatic carbocycles. The van der Waals surface area contributed by atoms with E-state index in [1.54, 1.807) is 0 Å². The molecule has 2 aliphatic rings. The van der Waals surface area contributed by atoms with Crippen LogP contribution in [-0.2, 0) is 4.79 Å². The zero-order valence-corrected chi connectivity index (χ0v) is 11.3. The van der Waals surface area contributed by atoms with Crippen LogP contribution in [0.2, 0.25) is 0 Å². The summed E-state index contributed by atoms with van der Waals surface area (Å²) < 4.78 is 0. The van der Waals surface area contributed by atoms with Crippen molar-refractivity contribution >= 4 is 5.91 Å². The van der Waals surface area contributed by atoms with Crippen LogP contribution in [0, 0.1) is 23.2 Å². The normalized spacial score (nSPS) is 45.4. The molecule has 0 aromatic heterocycles. The van der Waals surface area contributed by atoms with Gasteiger partial charge in [0.2, 0.25) is 5.91 Å². The summed E-state index contributed by atoms with van der Waals surface area (Å²) in [6.07, 6.45) is 4.29. The van der Waals surface area contributed by atoms with Gasteiger partial charge in [-0.2, -0.15) is 0 Å². The highest BCUT2D eigenvalue weighted by Crippen LogP contribution is 2.45. The third-order valence-corrected chi connectivity index (χ3v) is 5.13. The molecule has 2 fully saturated rings. The second kappa shape index (κ2) is 4.60. The number of amides is 1. The van der Waals surface area contributed by atoms with E-state index in [2.05, 4.69) is 26.1 Å². The van der Waals surface area contributed by atoms with Gasteiger partial charge < -0.3 is 11.1 Å². The Morgan fingerprint density at radius 2 is 1.94 bits per heavy atom. The minimum atomic E-state index is -0.245. The van der Waals surface area contributed by atoms with Crippen LogP contribution in [0.15, 0.2) is 0 Å². The first-order valence-electron chi connectivity index (χ1n) is 6.99. The molecular weight excluding hydrogens is 212 g/mol. The van der Waals surface area contributed by atoms with Crippen LogP contribution in [0.1, 0.15) is 46.5 Å². The van der Waals surface area contributed by atoms with Crippen molar-refractivity contribution < 1.29 is 4.79 Å². The Morgan fingerprint density at radius 1 is 1.29 bits per heavy atom. The Kier molecular flexibility index (Phi) is 3.48. The number of nitrogens with two attached hydrogens (primary N) is 1. The lowest BCUT2D eigenvalue weighted by atomic mass is 9.62. The molecule has 0 spiro atoms. The van der Waals surface area contributed by atoms with E-state index in [0.29, 0.717) is 24.4 Å². The van der Waals surface area contributed by atoms with Gasteiger partial charge in [-0.15, -0.1) is 0 Å². The first-order chi connectivity index (χ1) is 7.98. The third kappa shape index (κ3) is 2.22. The fraction of sp³-hybridized carbons (Fsp3) is 0.929. The number of rotatable bonds is 3. The zero-order valence-electron chi connectivity index (χ0n) is 11.3. The minimum absolute atomic E-state index is 0.212. The number of nitrogens with one attached hydrogen (secondary N) is 1. The van der Waals surface area contributed by atoms with Gasteiger partial charge in [0.1, 0.15) is 0 Å². The topological polar surface area (TPSA) is 55.1 Å². The summed E-state index contributed by atoms with van der Waals surface area (Å²) in [5.41, 5.74) is 5.56. The first kappa shape index (κ1) is 12.9. The molecule has 0 aromatic rings. The largest absolute Gasteiger partial charge is 0.353 e. The standard InChI is InChI=1S/C14H26N2O/c1-9-6-14(7-9,8-15)13(17)16-12-5-4-10(2)11(12)3/h9-12H,4-8,15H2,1-3H3,(H,16,17). The maximum Gasteiger partial charge on any atom is 0.227 e. The van der Waals surface area contributed by atoms with E-state index in [1.165, 1.54) is 6.42 Å². The molecule has 3 heteroatoms. The van der Waals surface area contributed by atoms with Crippen molar-refractivity contribution in [1.29, 1.82) is 0 Å². The number of hydrogen-bond acceptors (Lipinski definition) is 2. The van der Waals surface area contributed by atoms with Gasteiger partial charge in [-0.25, -0.2) is 0 Å². The van der Waals surface area contributed by atoms with E-state index in [-0.39, 0.29) is 11.3 Å². The number of carbonyl (C=O) groups excluding carboxylic acids is 1. The Balaban J connectivity index is 1.93. The van der Waals surface area contributed by atoms with Crippen LogP contribution in [-0.4, -0.2) is 18.5 Å². The maximum atomic E-state index is 12.3. The first-order valence-corrected chi connectivity index (χ1v) is 6.99. The highest BCUT2D eigenvalue weighted by Gasteiger charge is 2.48. The summed E-state index contributed by atoms with van der Waals surface area (Å²) in [5, 5.41) is 3.25. The van der Waals surface area contributed by atoms with Crippen LogP contribution < -0.4 is 11.1 Å². The van der Waals surface area contributed by atoms with Crippen molar-refractivity contribution in [3.05, 3.63) is 0 Å². The molecule has 17 heavy (non-hydrogen) atoms. The predicted octanol–water partition coefficient (Wildman–Crippen LogP) is 1.91. The quantitative estimate of drug-likeness (QED) is 0.789. The summed E-state index contributed by atoms with van der Waals surface area (Å²) in [7, 11) is 0. The molecule has 3 unspecified atom stereocenters. The van der Waals surface area contributed by atoms with Gasteiger partial charge in [-0.3, -0.25) is 4.79 Å². The predicted molar refractivity (Wildman–Crippen MR) is 69.4 cm³/mol. The Hall–Kier alpha value is -0.570. The van der Waals surface area contributed by atoms with Crippen molar-refractivity contribution in [2.24, 2.45) is 28.9 Å². The number of hydrogen-bond donors (Lipinski definition) is 2. The third-order valence-electron chi connectivity index (χ3n) is 5.13. The van der Waals surface area contributed by atoms with Crippen LogP contribution in [0.3, 0.4) is 0 Å². The van der Waals surface area contributed by atoms with Crippen molar-refractivity contribution in [3.8, 4) is 0 Å². The van der Waals surface area contributed by atoms with Gasteiger partial charge in [-0.05, 0) is 43.4 Å². The van der Waals surface area contributed by atoms with Crippen molar-refractivity contribution in [3.63, 3.8) is 0 Å². The van der Waals surface area contributed by atoms with Crippen molar-refractivity contribution in [1.82, 2.24) is 5.32 Å². The summed E-state index contributed by atoms with van der Waals surface area (Å²) in [4.78, 5) is 12.3. The molecule has 0 bridgehead atoms. The molecule has 2 rings (SSSR count). The smallest absolute Gasteiger partial charge is 0.227 e. The highest BCUT2D eigenvalue weighted by molar-refractivity contribution is 5.84. The molecule has 3 N–H and O–H groups in total. The molecule has 0 saturated heterocycles. The average molecular weight is 238 g/mol. The van der Waals surface area contributed by atoms with Crippen LogP contribution in [0.5, 0.6) is 0 Å². The summed E-state index contributed by atoms with van der Waals surface area (Å²) >= 11 is 0. The van der Waals surface area contributed by atoms with Crippen LogP contribution >= 0.6 is 0 Å². The highest BCUT2D eigenvalue weighted by atomic mass is 16.2. The lowest BCUT2D eigenvalue weighted by Gasteiger charge is -2.45. The molecular formula is C14H26N2O. The Morgan fingerprint density at radius 3 is 2.35 bits per heavy atom. The van der Waals surface area contributed by atoms with Gasteiger partial charge in [-0.1, -0.05) is 20.8 Å². The van der Waals surface area contributed by atoms with Gasteiger partial charge in [0.05, 0.1) is 5.41 Å². The lowest BCUT2D eigenvalue weighted by molar-refractivity contribution is -0.139. The van der Waals surface area contributed by atoms with Crippen LogP contribution in [0.4, 0.5) is 0 Å². The van der Waals surface area contributed by atoms with E-state index in [9.17, 15) is 4.79 Å². The molecule has 3 atom stereocenters. The van der Waals surface area contributed by atoms with Gasteiger partial charge in [0.25, 0.3) is 0 Å². The molecule has 1 amide bonds. The SMILES string of the molecule is CC1CC(CN)(C(=O)NC2CCC(C)C2C)C1. The molecule has 0 aromatic carbocycles. The van der Waals surface area contributed by atoms with Crippen molar-refractivity contribution in [2.45, 2.75) is 52.5 Å². The fourth-order valence-electron chi connectivity index (χ4n) is 3.61. The molecule has 0 radical (unpaired) electrons. The Labute approximate surface area is 105 Å². The van der Waals surface area contributed by atoms with E-state index >= 15 is 0 Å². The van der Waals surface area contributed by atoms with Gasteiger partial charge in [0, 0.05) is 12.6 Å². The zero-order chi connectivity index (χ0) is 12.6. The fourth-order valence-corrected chi connectivity index (χ4v) is 3.61. The van der Waals surface area contributed by atoms with E-state index in [4.69, 9.17) is 5.73 Å². The summed E-state index contributed by atoms with van der Waals surface area (Å²) in [6.45, 7) is 7.23. The number of carbonyl (C=O) groups is 1. The van der Waals surface area contributed by atoms with Gasteiger partial charge >= 0.3 is 0 Å². The molecule has 0 heterocycles. The molecule has 0 aliphatic heterocycles. The van der Waals surface area contributed by atoms with E-state index < -0.39 is 0 Å².